The lowest BCUT2D eigenvalue weighted by Gasteiger charge is -2.40. The molecule has 1 unspecified atom stereocenters. The normalized spacial score (nSPS) is 20.5. The van der Waals surface area contributed by atoms with Gasteiger partial charge in [-0.15, -0.1) is 0 Å². The topological polar surface area (TPSA) is 72.9 Å². The van der Waals surface area contributed by atoms with Gasteiger partial charge in [-0.3, -0.25) is 14.5 Å². The van der Waals surface area contributed by atoms with Crippen LogP contribution in [0.1, 0.15) is 51.0 Å². The van der Waals surface area contributed by atoms with Crippen LogP contribution in [0.25, 0.3) is 6.08 Å². The summed E-state index contributed by atoms with van der Waals surface area (Å²) in [6.45, 7) is 8.26. The first-order valence-corrected chi connectivity index (χ1v) is 16.7. The molecule has 5 rings (SSSR count). The van der Waals surface area contributed by atoms with E-state index < -0.39 is 0 Å². The number of rotatable bonds is 10. The Kier molecular flexibility index (Phi) is 11.2. The van der Waals surface area contributed by atoms with Crippen molar-refractivity contribution in [3.63, 3.8) is 0 Å². The number of piperazine rings is 2. The molecule has 3 aliphatic rings. The Bertz CT molecular complexity index is 1220. The van der Waals surface area contributed by atoms with Crippen molar-refractivity contribution in [3.8, 4) is 0 Å². The molecule has 1 aliphatic carbocycles. The third-order valence-electron chi connectivity index (χ3n) is 8.70. The molecule has 42 heavy (non-hydrogen) atoms. The fourth-order valence-electron chi connectivity index (χ4n) is 6.22. The lowest BCUT2D eigenvalue weighted by atomic mass is 10.0. The largest absolute Gasteiger partial charge is 0.353 e. The van der Waals surface area contributed by atoms with Crippen LogP contribution in [0.5, 0.6) is 0 Å². The number of carbonyl (C=O) groups excluding carboxylic acids is 2. The van der Waals surface area contributed by atoms with Crippen molar-refractivity contribution in [1.29, 1.82) is 0 Å². The van der Waals surface area contributed by atoms with Crippen LogP contribution in [0, 0.1) is 5.92 Å². The molecule has 226 valence electrons. The molecule has 1 aromatic carbocycles. The summed E-state index contributed by atoms with van der Waals surface area (Å²) in [5, 5.41) is 0.883. The highest BCUT2D eigenvalue weighted by atomic mass is 35.5. The van der Waals surface area contributed by atoms with E-state index in [0.29, 0.717) is 36.4 Å². The van der Waals surface area contributed by atoms with Gasteiger partial charge in [0, 0.05) is 70.9 Å². The Morgan fingerprint density at radius 2 is 1.76 bits per heavy atom. The number of nitrogens with zero attached hydrogens (tertiary/aromatic N) is 6. The minimum atomic E-state index is 0.1000. The highest BCUT2D eigenvalue weighted by Crippen LogP contribution is 2.29. The van der Waals surface area contributed by atoms with Gasteiger partial charge in [0.2, 0.25) is 11.8 Å². The van der Waals surface area contributed by atoms with Crippen molar-refractivity contribution in [2.45, 2.75) is 56.6 Å². The molecule has 2 saturated heterocycles. The quantitative estimate of drug-likeness (QED) is 0.211. The number of hydrogen-bond donors (Lipinski definition) is 0. The van der Waals surface area contributed by atoms with Gasteiger partial charge in [0.25, 0.3) is 0 Å². The van der Waals surface area contributed by atoms with Crippen LogP contribution in [0.3, 0.4) is 0 Å². The summed E-state index contributed by atoms with van der Waals surface area (Å²) >= 11 is 7.72. The highest BCUT2D eigenvalue weighted by Gasteiger charge is 2.29. The second-order valence-corrected chi connectivity index (χ2v) is 13.0. The van der Waals surface area contributed by atoms with E-state index in [-0.39, 0.29) is 23.6 Å². The van der Waals surface area contributed by atoms with E-state index in [4.69, 9.17) is 16.6 Å². The van der Waals surface area contributed by atoms with Crippen molar-refractivity contribution >= 4 is 47.1 Å². The van der Waals surface area contributed by atoms with Crippen LogP contribution in [0.2, 0.25) is 5.15 Å². The van der Waals surface area contributed by atoms with Crippen molar-refractivity contribution in [2.24, 2.45) is 5.92 Å². The van der Waals surface area contributed by atoms with Gasteiger partial charge in [-0.2, -0.15) is 0 Å². The lowest BCUT2D eigenvalue weighted by Crippen LogP contribution is -2.54. The number of hydrogen-bond acceptors (Lipinski definition) is 7. The third kappa shape index (κ3) is 8.71. The fraction of sp³-hybridized carbons (Fsp3) is 0.562. The molecule has 8 nitrogen and oxygen atoms in total. The molecule has 1 aromatic heterocycles. The van der Waals surface area contributed by atoms with Crippen LogP contribution in [-0.4, -0.2) is 101 Å². The van der Waals surface area contributed by atoms with Gasteiger partial charge in [0.15, 0.2) is 5.16 Å². The molecule has 0 radical (unpaired) electrons. The zero-order valence-corrected chi connectivity index (χ0v) is 26.2. The molecule has 3 fully saturated rings. The van der Waals surface area contributed by atoms with Crippen molar-refractivity contribution in [1.82, 2.24) is 24.7 Å². The van der Waals surface area contributed by atoms with Crippen LogP contribution in [0.4, 0.5) is 5.82 Å². The molecule has 1 saturated carbocycles. The summed E-state index contributed by atoms with van der Waals surface area (Å²) in [6.07, 6.45) is 11.2. The van der Waals surface area contributed by atoms with Gasteiger partial charge in [0.1, 0.15) is 11.0 Å². The molecular formula is C32H43ClN6O2S. The molecule has 10 heteroatoms. The van der Waals surface area contributed by atoms with Gasteiger partial charge >= 0.3 is 0 Å². The lowest BCUT2D eigenvalue weighted by molar-refractivity contribution is -0.134. The van der Waals surface area contributed by atoms with E-state index in [0.717, 1.165) is 50.9 Å². The standard InChI is InChI=1S/C32H43ClN6O2S/c1-25-23-38(20-21-39(25)30(40)14-13-27-10-5-6-11-27)29-22-28(33)34-32(35-29)42-24-31(41)37-18-16-36(17-19-37)15-7-12-26-8-3-2-4-9-26/h2-4,7-9,12,22,25,27H,5-6,10-11,13-21,23-24H2,1H3/b12-7+. The summed E-state index contributed by atoms with van der Waals surface area (Å²) in [7, 11) is 0. The first kappa shape index (κ1) is 30.8. The molecule has 0 N–H and O–H groups in total. The van der Waals surface area contributed by atoms with Gasteiger partial charge in [-0.1, -0.05) is 91.5 Å². The van der Waals surface area contributed by atoms with Crippen molar-refractivity contribution in [2.75, 3.05) is 63.0 Å². The zero-order chi connectivity index (χ0) is 29.3. The van der Waals surface area contributed by atoms with Gasteiger partial charge in [-0.05, 0) is 24.8 Å². The van der Waals surface area contributed by atoms with Gasteiger partial charge < -0.3 is 14.7 Å². The minimum absolute atomic E-state index is 0.1000. The first-order chi connectivity index (χ1) is 20.4. The number of benzene rings is 1. The van der Waals surface area contributed by atoms with Gasteiger partial charge in [-0.25, -0.2) is 9.97 Å². The monoisotopic (exact) mass is 610 g/mol. The van der Waals surface area contributed by atoms with Gasteiger partial charge in [0.05, 0.1) is 5.75 Å². The van der Waals surface area contributed by atoms with Crippen LogP contribution < -0.4 is 4.90 Å². The Balaban J connectivity index is 1.06. The minimum Gasteiger partial charge on any atom is -0.353 e. The fourth-order valence-corrected chi connectivity index (χ4v) is 7.20. The van der Waals surface area contributed by atoms with Crippen molar-refractivity contribution in [3.05, 3.63) is 53.2 Å². The number of halogens is 1. The number of thioether (sulfide) groups is 1. The maximum absolute atomic E-state index is 13.0. The SMILES string of the molecule is CC1CN(c2cc(Cl)nc(SCC(=O)N3CCN(C/C=C/c4ccccc4)CC3)n2)CCN1C(=O)CCC1CCCC1. The van der Waals surface area contributed by atoms with Crippen LogP contribution in [0.15, 0.2) is 47.6 Å². The second-order valence-electron chi connectivity index (χ2n) is 11.7. The molecule has 3 heterocycles. The summed E-state index contributed by atoms with van der Waals surface area (Å²) in [5.74, 6) is 2.14. The number of anilines is 1. The van der Waals surface area contributed by atoms with Crippen LogP contribution in [-0.2, 0) is 9.59 Å². The predicted molar refractivity (Wildman–Crippen MR) is 171 cm³/mol. The van der Waals surface area contributed by atoms with E-state index in [2.05, 4.69) is 46.0 Å². The molecule has 0 spiro atoms. The summed E-state index contributed by atoms with van der Waals surface area (Å²) < 4.78 is 0. The molecule has 2 aliphatic heterocycles. The molecule has 1 atom stereocenters. The van der Waals surface area contributed by atoms with Crippen molar-refractivity contribution < 1.29 is 9.59 Å². The predicted octanol–water partition coefficient (Wildman–Crippen LogP) is 5.09. The molecular weight excluding hydrogens is 568 g/mol. The average Bonchev–Trinajstić information content (AvgIpc) is 3.53. The number of amides is 2. The second kappa shape index (κ2) is 15.2. The Morgan fingerprint density at radius 3 is 2.50 bits per heavy atom. The molecule has 2 aromatic rings. The third-order valence-corrected chi connectivity index (χ3v) is 9.72. The molecule has 2 amide bonds. The summed E-state index contributed by atoms with van der Waals surface area (Å²) in [5.41, 5.74) is 1.20. The molecule has 0 bridgehead atoms. The summed E-state index contributed by atoms with van der Waals surface area (Å²) in [6, 6.07) is 12.2. The maximum Gasteiger partial charge on any atom is 0.233 e. The van der Waals surface area contributed by atoms with E-state index in [1.165, 1.54) is 43.0 Å². The maximum atomic E-state index is 13.0. The van der Waals surface area contributed by atoms with E-state index in [1.807, 2.05) is 28.0 Å². The van der Waals surface area contributed by atoms with Crippen LogP contribution >= 0.6 is 23.4 Å². The number of carbonyl (C=O) groups is 2. The average molecular weight is 611 g/mol. The first-order valence-electron chi connectivity index (χ1n) is 15.4. The Morgan fingerprint density at radius 1 is 1.00 bits per heavy atom. The Hall–Kier alpha value is -2.62. The smallest absolute Gasteiger partial charge is 0.233 e. The zero-order valence-electron chi connectivity index (χ0n) is 24.7. The van der Waals surface area contributed by atoms with E-state index in [1.54, 1.807) is 6.07 Å². The Labute approximate surface area is 259 Å². The number of aromatic nitrogens is 2. The van der Waals surface area contributed by atoms with E-state index in [9.17, 15) is 9.59 Å². The van der Waals surface area contributed by atoms with E-state index >= 15 is 0 Å². The summed E-state index contributed by atoms with van der Waals surface area (Å²) in [4.78, 5) is 43.5. The highest BCUT2D eigenvalue weighted by molar-refractivity contribution is 7.99.